The van der Waals surface area contributed by atoms with Gasteiger partial charge in [0.25, 0.3) is 0 Å². The van der Waals surface area contributed by atoms with Crippen molar-refractivity contribution in [2.75, 3.05) is 18.6 Å². The fourth-order valence-electron chi connectivity index (χ4n) is 1.56. The lowest BCUT2D eigenvalue weighted by Crippen LogP contribution is -2.45. The van der Waals surface area contributed by atoms with E-state index in [0.717, 1.165) is 12.2 Å². The summed E-state index contributed by atoms with van der Waals surface area (Å²) in [6.07, 6.45) is 4.01. The van der Waals surface area contributed by atoms with Gasteiger partial charge in [-0.15, -0.1) is 0 Å². The molecular weight excluding hydrogens is 226 g/mol. The van der Waals surface area contributed by atoms with E-state index in [0.29, 0.717) is 19.4 Å². The van der Waals surface area contributed by atoms with Crippen molar-refractivity contribution >= 4 is 23.6 Å². The van der Waals surface area contributed by atoms with Crippen molar-refractivity contribution in [3.63, 3.8) is 0 Å². The van der Waals surface area contributed by atoms with E-state index in [1.807, 2.05) is 6.26 Å². The fourth-order valence-corrected chi connectivity index (χ4v) is 2.05. The summed E-state index contributed by atoms with van der Waals surface area (Å²) in [5, 5.41) is 5.56. The molecule has 2 atom stereocenters. The summed E-state index contributed by atoms with van der Waals surface area (Å²) in [7, 11) is 0. The third-order valence-electron chi connectivity index (χ3n) is 2.58. The van der Waals surface area contributed by atoms with Gasteiger partial charge >= 0.3 is 0 Å². The Hall–Kier alpha value is -0.750. The Balaban J connectivity index is 2.16. The van der Waals surface area contributed by atoms with Crippen LogP contribution >= 0.6 is 11.8 Å². The molecule has 0 aromatic rings. The van der Waals surface area contributed by atoms with Crippen LogP contribution < -0.4 is 16.4 Å². The molecule has 0 radical (unpaired) electrons. The predicted octanol–water partition coefficient (Wildman–Crippen LogP) is -0.538. The topological polar surface area (TPSA) is 84.2 Å². The highest BCUT2D eigenvalue weighted by Gasteiger charge is 2.21. The van der Waals surface area contributed by atoms with Crippen molar-refractivity contribution in [1.29, 1.82) is 0 Å². The van der Waals surface area contributed by atoms with E-state index in [2.05, 4.69) is 10.6 Å². The number of amides is 2. The number of nitrogens with two attached hydrogens (primary N) is 1. The highest BCUT2D eigenvalue weighted by Crippen LogP contribution is 2.05. The molecule has 1 fully saturated rings. The molecule has 1 unspecified atom stereocenters. The molecule has 2 amide bonds. The second-order valence-corrected chi connectivity index (χ2v) is 4.92. The minimum absolute atomic E-state index is 0.0610. The van der Waals surface area contributed by atoms with Gasteiger partial charge in [0.1, 0.15) is 0 Å². The lowest BCUT2D eigenvalue weighted by atomic mass is 10.2. The van der Waals surface area contributed by atoms with Crippen molar-refractivity contribution in [3.8, 4) is 0 Å². The highest BCUT2D eigenvalue weighted by atomic mass is 32.2. The first-order valence-corrected chi connectivity index (χ1v) is 6.84. The van der Waals surface area contributed by atoms with Crippen LogP contribution in [0, 0.1) is 0 Å². The summed E-state index contributed by atoms with van der Waals surface area (Å²) >= 11 is 1.67. The smallest absolute Gasteiger partial charge is 0.237 e. The predicted molar refractivity (Wildman–Crippen MR) is 65.1 cm³/mol. The largest absolute Gasteiger partial charge is 0.353 e. The van der Waals surface area contributed by atoms with Gasteiger partial charge in [-0.05, 0) is 24.9 Å². The first-order chi connectivity index (χ1) is 7.63. The van der Waals surface area contributed by atoms with E-state index >= 15 is 0 Å². The van der Waals surface area contributed by atoms with Crippen LogP contribution in [0.3, 0.4) is 0 Å². The molecule has 0 bridgehead atoms. The molecule has 0 aromatic carbocycles. The van der Waals surface area contributed by atoms with E-state index in [9.17, 15) is 9.59 Å². The van der Waals surface area contributed by atoms with Gasteiger partial charge in [0, 0.05) is 19.0 Å². The summed E-state index contributed by atoms with van der Waals surface area (Å²) in [5.74, 6) is 0.815. The first-order valence-electron chi connectivity index (χ1n) is 5.45. The van der Waals surface area contributed by atoms with Crippen LogP contribution in [-0.4, -0.2) is 42.5 Å². The third-order valence-corrected chi connectivity index (χ3v) is 3.22. The standard InChI is InChI=1S/C10H19N3O2S/c1-16-5-4-8(11)10(15)12-6-7-2-3-9(14)13-7/h7-8H,2-6,11H2,1H3,(H,12,15)(H,13,14)/t7?,8-/m1/s1. The molecule has 6 heteroatoms. The SMILES string of the molecule is CSCC[C@@H](N)C(=O)NCC1CCC(=O)N1. The van der Waals surface area contributed by atoms with Gasteiger partial charge in [-0.25, -0.2) is 0 Å². The number of nitrogens with one attached hydrogen (secondary N) is 2. The van der Waals surface area contributed by atoms with Crippen LogP contribution in [0.15, 0.2) is 0 Å². The highest BCUT2D eigenvalue weighted by molar-refractivity contribution is 7.98. The zero-order valence-corrected chi connectivity index (χ0v) is 10.3. The van der Waals surface area contributed by atoms with Gasteiger partial charge in [-0.1, -0.05) is 0 Å². The van der Waals surface area contributed by atoms with Gasteiger partial charge in [0.2, 0.25) is 11.8 Å². The number of rotatable bonds is 6. The average molecular weight is 245 g/mol. The first kappa shape index (κ1) is 13.3. The molecule has 4 N–H and O–H groups in total. The Morgan fingerprint density at radius 3 is 3.06 bits per heavy atom. The Morgan fingerprint density at radius 1 is 1.75 bits per heavy atom. The molecule has 0 aliphatic carbocycles. The van der Waals surface area contributed by atoms with Gasteiger partial charge in [-0.3, -0.25) is 9.59 Å². The van der Waals surface area contributed by atoms with E-state index in [1.54, 1.807) is 11.8 Å². The van der Waals surface area contributed by atoms with Gasteiger partial charge in [0.15, 0.2) is 0 Å². The number of thioether (sulfide) groups is 1. The maximum absolute atomic E-state index is 11.5. The van der Waals surface area contributed by atoms with E-state index in [-0.39, 0.29) is 17.9 Å². The third kappa shape index (κ3) is 4.40. The fraction of sp³-hybridized carbons (Fsp3) is 0.800. The second-order valence-electron chi connectivity index (χ2n) is 3.94. The molecule has 1 rings (SSSR count). The van der Waals surface area contributed by atoms with Crippen LogP contribution in [0.2, 0.25) is 0 Å². The summed E-state index contributed by atoms with van der Waals surface area (Å²) in [5.41, 5.74) is 5.70. The molecule has 1 aliphatic rings. The van der Waals surface area contributed by atoms with Crippen molar-refractivity contribution in [3.05, 3.63) is 0 Å². The maximum Gasteiger partial charge on any atom is 0.237 e. The van der Waals surface area contributed by atoms with Crippen LogP contribution in [0.25, 0.3) is 0 Å². The number of carbonyl (C=O) groups is 2. The van der Waals surface area contributed by atoms with Gasteiger partial charge in [-0.2, -0.15) is 11.8 Å². The van der Waals surface area contributed by atoms with Crippen molar-refractivity contribution in [1.82, 2.24) is 10.6 Å². The quantitative estimate of drug-likeness (QED) is 0.587. The molecule has 1 aliphatic heterocycles. The summed E-state index contributed by atoms with van der Waals surface area (Å²) in [6, 6.07) is -0.367. The van der Waals surface area contributed by atoms with Crippen molar-refractivity contribution < 1.29 is 9.59 Å². The minimum atomic E-state index is -0.440. The van der Waals surface area contributed by atoms with Gasteiger partial charge < -0.3 is 16.4 Å². The molecule has 92 valence electrons. The molecule has 16 heavy (non-hydrogen) atoms. The van der Waals surface area contributed by atoms with Gasteiger partial charge in [0.05, 0.1) is 6.04 Å². The number of hydrogen-bond acceptors (Lipinski definition) is 4. The molecule has 1 saturated heterocycles. The zero-order valence-electron chi connectivity index (χ0n) is 9.49. The molecule has 1 heterocycles. The Kier molecular flexibility index (Phi) is 5.62. The molecule has 0 saturated carbocycles. The molecular formula is C10H19N3O2S. The number of carbonyl (C=O) groups excluding carboxylic acids is 2. The summed E-state index contributed by atoms with van der Waals surface area (Å²) < 4.78 is 0. The monoisotopic (exact) mass is 245 g/mol. The molecule has 0 aromatic heterocycles. The normalized spacial score (nSPS) is 21.6. The van der Waals surface area contributed by atoms with Crippen LogP contribution in [0.1, 0.15) is 19.3 Å². The lowest BCUT2D eigenvalue weighted by Gasteiger charge is -2.14. The number of hydrogen-bond donors (Lipinski definition) is 3. The lowest BCUT2D eigenvalue weighted by molar-refractivity contribution is -0.123. The van der Waals surface area contributed by atoms with Crippen LogP contribution in [-0.2, 0) is 9.59 Å². The van der Waals surface area contributed by atoms with Crippen LogP contribution in [0.4, 0.5) is 0 Å². The minimum Gasteiger partial charge on any atom is -0.353 e. The van der Waals surface area contributed by atoms with E-state index in [1.165, 1.54) is 0 Å². The molecule has 5 nitrogen and oxygen atoms in total. The van der Waals surface area contributed by atoms with Crippen molar-refractivity contribution in [2.24, 2.45) is 5.73 Å². The Labute approximate surface area is 99.9 Å². The van der Waals surface area contributed by atoms with E-state index < -0.39 is 6.04 Å². The van der Waals surface area contributed by atoms with Crippen molar-refractivity contribution in [2.45, 2.75) is 31.3 Å². The molecule has 0 spiro atoms. The second kappa shape index (κ2) is 6.75. The Morgan fingerprint density at radius 2 is 2.50 bits per heavy atom. The maximum atomic E-state index is 11.5. The van der Waals surface area contributed by atoms with E-state index in [4.69, 9.17) is 5.73 Å². The zero-order chi connectivity index (χ0) is 12.0. The Bertz CT molecular complexity index is 260. The summed E-state index contributed by atoms with van der Waals surface area (Å²) in [6.45, 7) is 0.484. The average Bonchev–Trinajstić information content (AvgIpc) is 2.68. The van der Waals surface area contributed by atoms with Crippen LogP contribution in [0.5, 0.6) is 0 Å². The summed E-state index contributed by atoms with van der Waals surface area (Å²) in [4.78, 5) is 22.5.